The van der Waals surface area contributed by atoms with Crippen LogP contribution in [0.3, 0.4) is 0 Å². The van der Waals surface area contributed by atoms with E-state index in [1.807, 2.05) is 25.6 Å². The Balaban J connectivity index is 2.00. The van der Waals surface area contributed by atoms with E-state index in [1.165, 1.54) is 57.4 Å². The Labute approximate surface area is 166 Å². The van der Waals surface area contributed by atoms with Gasteiger partial charge in [0.1, 0.15) is 5.75 Å². The van der Waals surface area contributed by atoms with Crippen LogP contribution in [0.15, 0.2) is 23.1 Å². The molecule has 2 N–H and O–H groups in total. The Kier molecular flexibility index (Phi) is 8.44. The summed E-state index contributed by atoms with van der Waals surface area (Å²) in [6, 6.07) is 4.28. The van der Waals surface area contributed by atoms with E-state index < -0.39 is 10.0 Å². The number of amides is 1. The molecule has 0 aliphatic heterocycles. The van der Waals surface area contributed by atoms with Crippen molar-refractivity contribution in [3.05, 3.63) is 23.8 Å². The Hall–Kier alpha value is -1.25. The molecule has 27 heavy (non-hydrogen) atoms. The molecule has 0 aromatic heterocycles. The lowest BCUT2D eigenvalue weighted by Gasteiger charge is -2.20. The molecule has 1 amide bonds. The number of rotatable bonds is 9. The van der Waals surface area contributed by atoms with Crippen molar-refractivity contribution in [3.8, 4) is 5.75 Å². The summed E-state index contributed by atoms with van der Waals surface area (Å²) >= 11 is 1.84. The van der Waals surface area contributed by atoms with Crippen molar-refractivity contribution in [2.45, 2.75) is 62.1 Å². The average Bonchev–Trinajstić information content (AvgIpc) is 2.65. The molecule has 2 rings (SSSR count). The van der Waals surface area contributed by atoms with Crippen LogP contribution in [-0.2, 0) is 10.0 Å². The van der Waals surface area contributed by atoms with Crippen LogP contribution < -0.4 is 14.8 Å². The van der Waals surface area contributed by atoms with Gasteiger partial charge in [0.2, 0.25) is 10.0 Å². The highest BCUT2D eigenvalue weighted by atomic mass is 32.2. The third-order valence-electron chi connectivity index (χ3n) is 4.45. The largest absolute Gasteiger partial charge is 0.496 e. The Morgan fingerprint density at radius 1 is 1.26 bits per heavy atom. The van der Waals surface area contributed by atoms with Gasteiger partial charge in [0.15, 0.2) is 0 Å². The topological polar surface area (TPSA) is 84.5 Å². The average molecular weight is 415 g/mol. The van der Waals surface area contributed by atoms with E-state index in [2.05, 4.69) is 10.0 Å². The molecule has 0 atom stereocenters. The van der Waals surface area contributed by atoms with Crippen molar-refractivity contribution in [2.24, 2.45) is 0 Å². The van der Waals surface area contributed by atoms with Crippen LogP contribution >= 0.6 is 11.8 Å². The van der Waals surface area contributed by atoms with Crippen LogP contribution in [-0.4, -0.2) is 45.0 Å². The Morgan fingerprint density at radius 3 is 2.59 bits per heavy atom. The molecule has 8 heteroatoms. The number of sulfonamides is 1. The summed E-state index contributed by atoms with van der Waals surface area (Å²) in [5.74, 6) is 0.743. The molecule has 1 aliphatic carbocycles. The first-order valence-electron chi connectivity index (χ1n) is 9.43. The molecule has 0 spiro atoms. The zero-order valence-electron chi connectivity index (χ0n) is 16.3. The SMILES string of the molecule is COc1ccc(S(=O)(=O)NCCSC2CCCCC2)cc1C(=O)NC(C)C. The van der Waals surface area contributed by atoms with Gasteiger partial charge in [-0.25, -0.2) is 13.1 Å². The molecular formula is C19H30N2O4S2. The van der Waals surface area contributed by atoms with Crippen molar-refractivity contribution in [1.82, 2.24) is 10.0 Å². The minimum absolute atomic E-state index is 0.0580. The number of nitrogens with one attached hydrogen (secondary N) is 2. The second kappa shape index (κ2) is 10.3. The minimum Gasteiger partial charge on any atom is -0.496 e. The first-order chi connectivity index (χ1) is 12.8. The molecule has 0 bridgehead atoms. The normalized spacial score (nSPS) is 15.7. The zero-order chi connectivity index (χ0) is 19.9. The molecule has 1 aromatic carbocycles. The Bertz CT molecular complexity index is 729. The van der Waals surface area contributed by atoms with Crippen LogP contribution in [0, 0.1) is 0 Å². The fraction of sp³-hybridized carbons (Fsp3) is 0.632. The van der Waals surface area contributed by atoms with Gasteiger partial charge in [-0.15, -0.1) is 0 Å². The van der Waals surface area contributed by atoms with Gasteiger partial charge in [-0.05, 0) is 44.9 Å². The van der Waals surface area contributed by atoms with Gasteiger partial charge in [0, 0.05) is 23.6 Å². The molecule has 0 heterocycles. The minimum atomic E-state index is -3.67. The lowest BCUT2D eigenvalue weighted by Crippen LogP contribution is -2.31. The summed E-state index contributed by atoms with van der Waals surface area (Å²) in [7, 11) is -2.22. The van der Waals surface area contributed by atoms with Crippen molar-refractivity contribution in [1.29, 1.82) is 0 Å². The number of thioether (sulfide) groups is 1. The van der Waals surface area contributed by atoms with E-state index >= 15 is 0 Å². The summed E-state index contributed by atoms with van der Waals surface area (Å²) in [4.78, 5) is 12.4. The molecule has 1 aromatic rings. The number of benzene rings is 1. The summed E-state index contributed by atoms with van der Waals surface area (Å²) in [6.45, 7) is 4.07. The molecule has 1 aliphatic rings. The van der Waals surface area contributed by atoms with E-state index in [0.717, 1.165) is 5.75 Å². The van der Waals surface area contributed by atoms with Crippen molar-refractivity contribution < 1.29 is 17.9 Å². The van der Waals surface area contributed by atoms with Crippen LogP contribution in [0.4, 0.5) is 0 Å². The van der Waals surface area contributed by atoms with E-state index in [4.69, 9.17) is 4.74 Å². The number of methoxy groups -OCH3 is 1. The van der Waals surface area contributed by atoms with Gasteiger partial charge < -0.3 is 10.1 Å². The molecule has 152 valence electrons. The van der Waals surface area contributed by atoms with Gasteiger partial charge in [0.05, 0.1) is 17.6 Å². The standard InChI is InChI=1S/C19H30N2O4S2/c1-14(2)21-19(22)17-13-16(9-10-18(17)25-3)27(23,24)20-11-12-26-15-7-5-4-6-8-15/h9-10,13-15,20H,4-8,11-12H2,1-3H3,(H,21,22). The Morgan fingerprint density at radius 2 is 1.96 bits per heavy atom. The lowest BCUT2D eigenvalue weighted by molar-refractivity contribution is 0.0940. The molecule has 6 nitrogen and oxygen atoms in total. The van der Waals surface area contributed by atoms with Gasteiger partial charge in [-0.2, -0.15) is 11.8 Å². The predicted molar refractivity (Wildman–Crippen MR) is 110 cm³/mol. The summed E-state index contributed by atoms with van der Waals surface area (Å²) in [5, 5.41) is 3.41. The summed E-state index contributed by atoms with van der Waals surface area (Å²) < 4.78 is 33.0. The molecule has 0 radical (unpaired) electrons. The maximum Gasteiger partial charge on any atom is 0.255 e. The molecule has 0 unspecified atom stereocenters. The zero-order valence-corrected chi connectivity index (χ0v) is 17.9. The third kappa shape index (κ3) is 6.69. The van der Waals surface area contributed by atoms with Crippen LogP contribution in [0.25, 0.3) is 0 Å². The van der Waals surface area contributed by atoms with Crippen LogP contribution in [0.1, 0.15) is 56.3 Å². The second-order valence-electron chi connectivity index (χ2n) is 7.02. The van der Waals surface area contributed by atoms with Gasteiger partial charge >= 0.3 is 0 Å². The number of carbonyl (C=O) groups excluding carboxylic acids is 1. The number of carbonyl (C=O) groups is 1. The fourth-order valence-electron chi connectivity index (χ4n) is 3.09. The maximum atomic E-state index is 12.6. The molecule has 1 fully saturated rings. The smallest absolute Gasteiger partial charge is 0.255 e. The van der Waals surface area contributed by atoms with Gasteiger partial charge in [0.25, 0.3) is 5.91 Å². The van der Waals surface area contributed by atoms with Gasteiger partial charge in [-0.1, -0.05) is 19.3 Å². The highest BCUT2D eigenvalue weighted by Crippen LogP contribution is 2.28. The number of ether oxygens (including phenoxy) is 1. The summed E-state index contributed by atoms with van der Waals surface area (Å²) in [6.07, 6.45) is 6.31. The maximum absolute atomic E-state index is 12.6. The molecular weight excluding hydrogens is 384 g/mol. The van der Waals surface area contributed by atoms with Gasteiger partial charge in [-0.3, -0.25) is 4.79 Å². The van der Waals surface area contributed by atoms with Crippen LogP contribution in [0.2, 0.25) is 0 Å². The number of hydrogen-bond acceptors (Lipinski definition) is 5. The van der Waals surface area contributed by atoms with E-state index in [9.17, 15) is 13.2 Å². The second-order valence-corrected chi connectivity index (χ2v) is 10.2. The van der Waals surface area contributed by atoms with E-state index in [0.29, 0.717) is 17.5 Å². The fourth-order valence-corrected chi connectivity index (χ4v) is 5.50. The highest BCUT2D eigenvalue weighted by molar-refractivity contribution is 8.00. The third-order valence-corrected chi connectivity index (χ3v) is 7.29. The van der Waals surface area contributed by atoms with Crippen molar-refractivity contribution in [2.75, 3.05) is 19.4 Å². The molecule has 1 saturated carbocycles. The lowest BCUT2D eigenvalue weighted by atomic mass is 10.0. The van der Waals surface area contributed by atoms with Crippen molar-refractivity contribution >= 4 is 27.7 Å². The molecule has 0 saturated heterocycles. The quantitative estimate of drug-likeness (QED) is 0.606. The first kappa shape index (κ1) is 22.0. The van der Waals surface area contributed by atoms with E-state index in [-0.39, 0.29) is 22.4 Å². The first-order valence-corrected chi connectivity index (χ1v) is 12.0. The van der Waals surface area contributed by atoms with Crippen LogP contribution in [0.5, 0.6) is 5.75 Å². The van der Waals surface area contributed by atoms with Crippen molar-refractivity contribution in [3.63, 3.8) is 0 Å². The predicted octanol–water partition coefficient (Wildman–Crippen LogP) is 3.18. The highest BCUT2D eigenvalue weighted by Gasteiger charge is 2.20. The monoisotopic (exact) mass is 414 g/mol. The van der Waals surface area contributed by atoms with E-state index in [1.54, 1.807) is 0 Å². The summed E-state index contributed by atoms with van der Waals surface area (Å²) in [5.41, 5.74) is 0.214. The number of hydrogen-bond donors (Lipinski definition) is 2.